The molecule has 2 amide bonds. The van der Waals surface area contributed by atoms with Gasteiger partial charge in [-0.1, -0.05) is 24.3 Å². The van der Waals surface area contributed by atoms with Gasteiger partial charge in [0.15, 0.2) is 11.5 Å². The topological polar surface area (TPSA) is 54.0 Å². The fourth-order valence-electron chi connectivity index (χ4n) is 2.28. The first kappa shape index (κ1) is 15.7. The molecule has 2 aromatic rings. The molecule has 1 aliphatic rings. The number of ether oxygens (including phenoxy) is 1. The molecule has 6 nitrogen and oxygen atoms in total. The highest BCUT2D eigenvalue weighted by Crippen LogP contribution is 2.44. The van der Waals surface area contributed by atoms with Crippen LogP contribution in [0.25, 0.3) is 0 Å². The minimum atomic E-state index is -0.731. The maximum Gasteiger partial charge on any atom is 0.402 e. The predicted molar refractivity (Wildman–Crippen MR) is 87.9 cm³/mol. The van der Waals surface area contributed by atoms with Gasteiger partial charge in [0.25, 0.3) is 0 Å². The summed E-state index contributed by atoms with van der Waals surface area (Å²) in [6.45, 7) is 0. The molecule has 0 spiro atoms. The number of hydrazine groups is 1. The summed E-state index contributed by atoms with van der Waals surface area (Å²) in [7, 11) is 4.99. The molecule has 0 atom stereocenters. The number of amides is 2. The molecule has 0 radical (unpaired) electrons. The number of para-hydroxylation sites is 2. The predicted octanol–water partition coefficient (Wildman–Crippen LogP) is 2.79. The van der Waals surface area contributed by atoms with E-state index in [2.05, 4.69) is 5.43 Å². The van der Waals surface area contributed by atoms with Gasteiger partial charge in [-0.3, -0.25) is 5.43 Å². The fourth-order valence-corrected chi connectivity index (χ4v) is 4.24. The van der Waals surface area contributed by atoms with Crippen LogP contribution in [0.1, 0.15) is 0 Å². The number of urea groups is 1. The molecular formula is C16H18N3O3S+. The summed E-state index contributed by atoms with van der Waals surface area (Å²) in [6, 6.07) is 15.0. The minimum Gasteiger partial charge on any atom is -0.447 e. The SMILES string of the molecule is CON(C(=O)NN(C)C)[S+]1c2ccccc2Oc2ccccc21. The third-order valence-electron chi connectivity index (χ3n) is 3.15. The number of hydroxylamine groups is 1. The number of carbonyl (C=O) groups excluding carboxylic acids is 1. The zero-order chi connectivity index (χ0) is 16.4. The van der Waals surface area contributed by atoms with Gasteiger partial charge in [-0.05, 0) is 12.1 Å². The van der Waals surface area contributed by atoms with Crippen molar-refractivity contribution in [2.45, 2.75) is 9.79 Å². The Hall–Kier alpha value is -2.22. The highest BCUT2D eigenvalue weighted by Gasteiger charge is 2.46. The Morgan fingerprint density at radius 2 is 1.57 bits per heavy atom. The van der Waals surface area contributed by atoms with E-state index in [-0.39, 0.29) is 6.03 Å². The molecule has 23 heavy (non-hydrogen) atoms. The summed E-state index contributed by atoms with van der Waals surface area (Å²) in [5.74, 6) is 1.46. The van der Waals surface area contributed by atoms with Crippen molar-refractivity contribution in [2.24, 2.45) is 0 Å². The average molecular weight is 332 g/mol. The van der Waals surface area contributed by atoms with Gasteiger partial charge < -0.3 is 4.74 Å². The van der Waals surface area contributed by atoms with Gasteiger partial charge in [-0.25, -0.2) is 14.6 Å². The molecule has 1 heterocycles. The molecule has 0 fully saturated rings. The Bertz CT molecular complexity index is 678. The molecule has 0 aromatic heterocycles. The number of fused-ring (bicyclic) bond motifs is 2. The normalized spacial score (nSPS) is 13.0. The molecule has 0 aliphatic carbocycles. The monoisotopic (exact) mass is 332 g/mol. The van der Waals surface area contributed by atoms with Crippen molar-refractivity contribution >= 4 is 17.1 Å². The second-order valence-corrected chi connectivity index (χ2v) is 6.81. The van der Waals surface area contributed by atoms with Crippen molar-refractivity contribution in [3.05, 3.63) is 48.5 Å². The van der Waals surface area contributed by atoms with E-state index in [9.17, 15) is 4.79 Å². The lowest BCUT2D eigenvalue weighted by atomic mass is 10.3. The Labute approximate surface area is 138 Å². The van der Waals surface area contributed by atoms with Gasteiger partial charge in [-0.2, -0.15) is 0 Å². The summed E-state index contributed by atoms with van der Waals surface area (Å²) < 4.78 is 7.29. The lowest BCUT2D eigenvalue weighted by Crippen LogP contribution is -2.48. The Morgan fingerprint density at radius 3 is 2.04 bits per heavy atom. The van der Waals surface area contributed by atoms with Gasteiger partial charge in [0.05, 0.1) is 7.11 Å². The molecule has 0 saturated heterocycles. The molecule has 0 unspecified atom stereocenters. The van der Waals surface area contributed by atoms with Gasteiger partial charge in [0.1, 0.15) is 0 Å². The maximum atomic E-state index is 12.5. The Morgan fingerprint density at radius 1 is 1.04 bits per heavy atom. The zero-order valence-corrected chi connectivity index (χ0v) is 14.0. The molecule has 1 N–H and O–H groups in total. The Balaban J connectivity index is 2.08. The number of rotatable bonds is 3. The maximum absolute atomic E-state index is 12.5. The first-order valence-electron chi connectivity index (χ1n) is 7.04. The largest absolute Gasteiger partial charge is 0.447 e. The second-order valence-electron chi connectivity index (χ2n) is 5.03. The fraction of sp³-hybridized carbons (Fsp3) is 0.188. The van der Waals surface area contributed by atoms with Gasteiger partial charge in [-0.15, -0.1) is 0 Å². The van der Waals surface area contributed by atoms with Crippen LogP contribution >= 0.6 is 0 Å². The van der Waals surface area contributed by atoms with Crippen molar-refractivity contribution in [1.29, 1.82) is 0 Å². The van der Waals surface area contributed by atoms with Crippen molar-refractivity contribution in [3.63, 3.8) is 0 Å². The Kier molecular flexibility index (Phi) is 4.42. The molecule has 3 rings (SSSR count). The van der Waals surface area contributed by atoms with E-state index in [1.807, 2.05) is 48.5 Å². The van der Waals surface area contributed by atoms with E-state index < -0.39 is 11.1 Å². The summed E-state index contributed by atoms with van der Waals surface area (Å²) in [5.41, 5.74) is 2.71. The summed E-state index contributed by atoms with van der Waals surface area (Å²) in [4.78, 5) is 19.7. The molecule has 120 valence electrons. The molecule has 0 saturated carbocycles. The zero-order valence-electron chi connectivity index (χ0n) is 13.1. The third-order valence-corrected chi connectivity index (χ3v) is 5.31. The molecule has 7 heteroatoms. The lowest BCUT2D eigenvalue weighted by molar-refractivity contribution is -0.0106. The van der Waals surface area contributed by atoms with E-state index in [1.54, 1.807) is 19.1 Å². The number of hydrogen-bond donors (Lipinski definition) is 1. The van der Waals surface area contributed by atoms with Crippen molar-refractivity contribution in [3.8, 4) is 11.5 Å². The molecule has 0 bridgehead atoms. The first-order valence-corrected chi connectivity index (χ1v) is 8.22. The van der Waals surface area contributed by atoms with Crippen molar-refractivity contribution < 1.29 is 14.4 Å². The quantitative estimate of drug-likeness (QED) is 0.694. The second kappa shape index (κ2) is 6.49. The van der Waals surface area contributed by atoms with Gasteiger partial charge in [0, 0.05) is 30.7 Å². The number of benzene rings is 2. The summed E-state index contributed by atoms with van der Waals surface area (Å²) >= 11 is -0.731. The first-order chi connectivity index (χ1) is 11.1. The van der Waals surface area contributed by atoms with Crippen LogP contribution in [-0.2, 0) is 15.9 Å². The van der Waals surface area contributed by atoms with E-state index >= 15 is 0 Å². The molecule has 1 aliphatic heterocycles. The van der Waals surface area contributed by atoms with Gasteiger partial charge in [0.2, 0.25) is 20.9 Å². The summed E-state index contributed by atoms with van der Waals surface area (Å²) in [6.07, 6.45) is 0. The number of hydrogen-bond acceptors (Lipinski definition) is 4. The van der Waals surface area contributed by atoms with Crippen LogP contribution in [0.4, 0.5) is 4.79 Å². The minimum absolute atomic E-state index is 0.340. The van der Waals surface area contributed by atoms with Crippen molar-refractivity contribution in [2.75, 3.05) is 21.2 Å². The number of nitrogens with one attached hydrogen (secondary N) is 1. The number of carbonyl (C=O) groups is 1. The van der Waals surface area contributed by atoms with Crippen LogP contribution in [0.3, 0.4) is 0 Å². The highest BCUT2D eigenvalue weighted by atomic mass is 32.2. The van der Waals surface area contributed by atoms with E-state index in [1.165, 1.54) is 11.6 Å². The van der Waals surface area contributed by atoms with E-state index in [4.69, 9.17) is 9.57 Å². The van der Waals surface area contributed by atoms with Crippen LogP contribution in [0.5, 0.6) is 11.5 Å². The average Bonchev–Trinajstić information content (AvgIpc) is 2.54. The van der Waals surface area contributed by atoms with E-state index in [0.717, 1.165) is 21.3 Å². The summed E-state index contributed by atoms with van der Waals surface area (Å²) in [5, 5.41) is 1.58. The van der Waals surface area contributed by atoms with Crippen molar-refractivity contribution in [1.82, 2.24) is 14.9 Å². The molecular weight excluding hydrogens is 314 g/mol. The molecule has 2 aromatic carbocycles. The lowest BCUT2D eigenvalue weighted by Gasteiger charge is -2.25. The van der Waals surface area contributed by atoms with Crippen LogP contribution in [0, 0.1) is 0 Å². The number of nitrogens with zero attached hydrogens (tertiary/aromatic N) is 2. The standard InChI is InChI=1S/C16H17N3O3S/c1-18(2)17-16(20)19(21-3)23-14-10-6-4-8-12(14)22-13-9-5-7-11-15(13)23/h4-11H,1-3H3/p+1. The van der Waals surface area contributed by atoms with Gasteiger partial charge >= 0.3 is 6.03 Å². The third kappa shape index (κ3) is 2.98. The van der Waals surface area contributed by atoms with Crippen LogP contribution < -0.4 is 10.2 Å². The van der Waals surface area contributed by atoms with Crippen LogP contribution in [0.2, 0.25) is 0 Å². The van der Waals surface area contributed by atoms with Crippen LogP contribution in [-0.4, -0.2) is 36.7 Å². The van der Waals surface area contributed by atoms with Crippen LogP contribution in [0.15, 0.2) is 58.3 Å². The smallest absolute Gasteiger partial charge is 0.402 e. The van der Waals surface area contributed by atoms with E-state index in [0.29, 0.717) is 0 Å². The highest BCUT2D eigenvalue weighted by molar-refractivity contribution is 7.95.